The lowest BCUT2D eigenvalue weighted by molar-refractivity contribution is -0.125. The first-order valence-electron chi connectivity index (χ1n) is 16.8. The maximum absolute atomic E-state index is 14.1. The van der Waals surface area contributed by atoms with E-state index in [0.29, 0.717) is 44.6 Å². The predicted octanol–water partition coefficient (Wildman–Crippen LogP) is 6.07. The highest BCUT2D eigenvalue weighted by Gasteiger charge is 2.62. The molecule has 0 saturated heterocycles. The van der Waals surface area contributed by atoms with Crippen molar-refractivity contribution in [3.05, 3.63) is 104 Å². The van der Waals surface area contributed by atoms with Gasteiger partial charge in [-0.05, 0) is 36.8 Å². The molecule has 2 aromatic carbocycles. The van der Waals surface area contributed by atoms with E-state index in [1.165, 1.54) is 16.2 Å². The molecular formula is C37H46N6O5S2. The number of thiazole rings is 2. The second-order valence-electron chi connectivity index (χ2n) is 13.0. The second kappa shape index (κ2) is 17.6. The molecule has 0 bridgehead atoms. The Hall–Kier alpha value is -4.33. The number of hydrogen-bond acceptors (Lipinski definition) is 9. The molecule has 1 aliphatic rings. The van der Waals surface area contributed by atoms with Crippen LogP contribution in [0.1, 0.15) is 65.7 Å². The van der Waals surface area contributed by atoms with Crippen molar-refractivity contribution < 1.29 is 23.9 Å². The molecule has 4 atom stereocenters. The van der Waals surface area contributed by atoms with Gasteiger partial charge in [0, 0.05) is 50.2 Å². The summed E-state index contributed by atoms with van der Waals surface area (Å²) in [6, 6.07) is 19.0. The summed E-state index contributed by atoms with van der Waals surface area (Å²) in [4.78, 5) is 51.4. The largest absolute Gasteiger partial charge is 0.444 e. The Bertz CT molecular complexity index is 1670. The van der Waals surface area contributed by atoms with Gasteiger partial charge in [0.15, 0.2) is 0 Å². The van der Waals surface area contributed by atoms with Gasteiger partial charge in [-0.1, -0.05) is 74.5 Å². The van der Waals surface area contributed by atoms with Crippen LogP contribution in [0.25, 0.3) is 0 Å². The standard InChI is InChI=1S/C37H46N6O5S2/c1-25(2)33-39-30(23-49-33)21-43(3)35(45)42-37(19-32(37)47-4)34(44)40-28(17-26-11-7-5-8-12-26)15-16-29(18-27-13-9-6-10-14-27)41-36(46)48-22-31-20-38-24-50-31/h5-14,20,23-25,28-29,32H,15-19,21-22H2,1-4H3,(H,40,44)(H,41,46)(H,42,45)/t28-,29-,32?,37?/m1/s1. The summed E-state index contributed by atoms with van der Waals surface area (Å²) in [5, 5.41) is 12.3. The van der Waals surface area contributed by atoms with E-state index in [-0.39, 0.29) is 30.6 Å². The molecule has 2 aromatic heterocycles. The fourth-order valence-electron chi connectivity index (χ4n) is 5.83. The van der Waals surface area contributed by atoms with Gasteiger partial charge in [0.05, 0.1) is 33.7 Å². The SMILES string of the molecule is COC1CC1(NC(=O)N(C)Cc1csc(C(C)C)n1)C(=O)N[C@H](CC[C@H](Cc1ccccc1)NC(=O)OCc1cncs1)Cc1ccccc1. The summed E-state index contributed by atoms with van der Waals surface area (Å²) in [6.07, 6.45) is 3.40. The number of ether oxygens (including phenoxy) is 2. The predicted molar refractivity (Wildman–Crippen MR) is 195 cm³/mol. The van der Waals surface area contributed by atoms with E-state index in [9.17, 15) is 14.4 Å². The number of methoxy groups -OCH3 is 1. The van der Waals surface area contributed by atoms with Gasteiger partial charge in [-0.25, -0.2) is 14.6 Å². The van der Waals surface area contributed by atoms with Gasteiger partial charge in [-0.15, -0.1) is 22.7 Å². The first-order valence-corrected chi connectivity index (χ1v) is 18.6. The van der Waals surface area contributed by atoms with Gasteiger partial charge in [0.25, 0.3) is 0 Å². The van der Waals surface area contributed by atoms with Crippen LogP contribution in [0.4, 0.5) is 9.59 Å². The van der Waals surface area contributed by atoms with Crippen molar-refractivity contribution in [2.75, 3.05) is 14.2 Å². The number of nitrogens with one attached hydrogen (secondary N) is 3. The van der Waals surface area contributed by atoms with Crippen molar-refractivity contribution in [3.8, 4) is 0 Å². The Kier molecular flexibility index (Phi) is 13.0. The molecule has 0 aliphatic heterocycles. The first-order chi connectivity index (χ1) is 24.1. The molecule has 13 heteroatoms. The molecule has 1 aliphatic carbocycles. The van der Waals surface area contributed by atoms with E-state index in [1.54, 1.807) is 37.2 Å². The number of rotatable bonds is 17. The van der Waals surface area contributed by atoms with Crippen LogP contribution in [0.15, 0.2) is 77.8 Å². The van der Waals surface area contributed by atoms with Gasteiger partial charge in [-0.2, -0.15) is 0 Å². The quantitative estimate of drug-likeness (QED) is 0.121. The molecule has 1 fully saturated rings. The summed E-state index contributed by atoms with van der Waals surface area (Å²) in [5.74, 6) is 0.0179. The normalized spacial score (nSPS) is 17.8. The van der Waals surface area contributed by atoms with Crippen LogP contribution >= 0.6 is 22.7 Å². The van der Waals surface area contributed by atoms with Gasteiger partial charge in [0.1, 0.15) is 12.1 Å². The number of carbonyl (C=O) groups excluding carboxylic acids is 3. The Labute approximate surface area is 301 Å². The Morgan fingerprint density at radius 2 is 1.60 bits per heavy atom. The molecule has 50 heavy (non-hydrogen) atoms. The highest BCUT2D eigenvalue weighted by atomic mass is 32.1. The molecule has 3 N–H and O–H groups in total. The lowest BCUT2D eigenvalue weighted by Gasteiger charge is -2.27. The van der Waals surface area contributed by atoms with E-state index in [0.717, 1.165) is 26.7 Å². The van der Waals surface area contributed by atoms with E-state index in [2.05, 4.69) is 39.8 Å². The average molecular weight is 719 g/mol. The van der Waals surface area contributed by atoms with Crippen LogP contribution in [-0.2, 0) is 40.3 Å². The van der Waals surface area contributed by atoms with Crippen molar-refractivity contribution in [1.82, 2.24) is 30.8 Å². The Morgan fingerprint density at radius 1 is 0.960 bits per heavy atom. The zero-order chi connectivity index (χ0) is 35.5. The van der Waals surface area contributed by atoms with Gasteiger partial charge in [-0.3, -0.25) is 9.78 Å². The molecule has 5 rings (SSSR count). The highest BCUT2D eigenvalue weighted by Crippen LogP contribution is 2.39. The minimum absolute atomic E-state index is 0.146. The molecule has 0 radical (unpaired) electrons. The molecule has 1 saturated carbocycles. The number of nitrogens with zero attached hydrogens (tertiary/aromatic N) is 3. The third kappa shape index (κ3) is 10.3. The number of alkyl carbamates (subject to hydrolysis) is 1. The van der Waals surface area contributed by atoms with Crippen molar-refractivity contribution in [1.29, 1.82) is 0 Å². The van der Waals surface area contributed by atoms with Gasteiger partial charge < -0.3 is 30.3 Å². The van der Waals surface area contributed by atoms with Gasteiger partial charge in [0.2, 0.25) is 5.91 Å². The minimum Gasteiger partial charge on any atom is -0.444 e. The summed E-state index contributed by atoms with van der Waals surface area (Å²) in [7, 11) is 3.24. The van der Waals surface area contributed by atoms with E-state index in [4.69, 9.17) is 9.47 Å². The number of urea groups is 1. The monoisotopic (exact) mass is 718 g/mol. The van der Waals surface area contributed by atoms with Crippen molar-refractivity contribution in [2.24, 2.45) is 0 Å². The van der Waals surface area contributed by atoms with E-state index >= 15 is 0 Å². The second-order valence-corrected chi connectivity index (χ2v) is 14.9. The molecular weight excluding hydrogens is 673 g/mol. The summed E-state index contributed by atoms with van der Waals surface area (Å²) in [5.41, 5.74) is 3.46. The fourth-order valence-corrected chi connectivity index (χ4v) is 7.16. The van der Waals surface area contributed by atoms with Crippen molar-refractivity contribution >= 4 is 40.7 Å². The van der Waals surface area contributed by atoms with Gasteiger partial charge >= 0.3 is 12.1 Å². The van der Waals surface area contributed by atoms with Crippen LogP contribution in [-0.4, -0.2) is 70.8 Å². The fraction of sp³-hybridized carbons (Fsp3) is 0.432. The zero-order valence-corrected chi connectivity index (χ0v) is 30.6. The third-order valence-corrected chi connectivity index (χ3v) is 10.7. The number of aromatic nitrogens is 2. The van der Waals surface area contributed by atoms with E-state index < -0.39 is 17.7 Å². The van der Waals surface area contributed by atoms with Crippen LogP contribution in [0.3, 0.4) is 0 Å². The van der Waals surface area contributed by atoms with E-state index in [1.807, 2.05) is 66.0 Å². The average Bonchev–Trinajstić information content (AvgIpc) is 3.40. The summed E-state index contributed by atoms with van der Waals surface area (Å²) in [6.45, 7) is 4.64. The third-order valence-electron chi connectivity index (χ3n) is 8.73. The maximum atomic E-state index is 14.1. The molecule has 11 nitrogen and oxygen atoms in total. The number of benzene rings is 2. The topological polar surface area (TPSA) is 135 Å². The highest BCUT2D eigenvalue weighted by molar-refractivity contribution is 7.09. The minimum atomic E-state index is -1.19. The smallest absolute Gasteiger partial charge is 0.407 e. The molecule has 4 aromatic rings. The molecule has 4 amide bonds. The first kappa shape index (κ1) is 36.9. The molecule has 2 unspecified atom stereocenters. The van der Waals surface area contributed by atoms with Crippen LogP contribution in [0.2, 0.25) is 0 Å². The number of amides is 4. The lowest BCUT2D eigenvalue weighted by Crippen LogP contribution is -2.56. The molecule has 2 heterocycles. The lowest BCUT2D eigenvalue weighted by atomic mass is 9.95. The summed E-state index contributed by atoms with van der Waals surface area (Å²) >= 11 is 3.01. The Morgan fingerprint density at radius 3 is 2.14 bits per heavy atom. The van der Waals surface area contributed by atoms with Crippen LogP contribution in [0.5, 0.6) is 0 Å². The Balaban J connectivity index is 1.26. The van der Waals surface area contributed by atoms with Crippen molar-refractivity contribution in [2.45, 2.75) is 88.7 Å². The van der Waals surface area contributed by atoms with Crippen LogP contribution in [0, 0.1) is 0 Å². The maximum Gasteiger partial charge on any atom is 0.407 e. The number of hydrogen-bond donors (Lipinski definition) is 3. The molecule has 266 valence electrons. The zero-order valence-electron chi connectivity index (χ0n) is 29.0. The van der Waals surface area contributed by atoms with Crippen molar-refractivity contribution in [3.63, 3.8) is 0 Å². The molecule has 0 spiro atoms. The van der Waals surface area contributed by atoms with Crippen LogP contribution < -0.4 is 16.0 Å². The number of carbonyl (C=O) groups is 3. The summed E-state index contributed by atoms with van der Waals surface area (Å²) < 4.78 is 11.1.